The normalized spacial score (nSPS) is 19.2. The van der Waals surface area contributed by atoms with Gasteiger partial charge in [0.25, 0.3) is 0 Å². The van der Waals surface area contributed by atoms with Crippen LogP contribution in [0.4, 0.5) is 0 Å². The zero-order valence-corrected chi connectivity index (χ0v) is 11.8. The molecular weight excluding hydrogens is 220 g/mol. The van der Waals surface area contributed by atoms with Crippen LogP contribution in [0.3, 0.4) is 0 Å². The van der Waals surface area contributed by atoms with Crippen LogP contribution in [0.5, 0.6) is 0 Å². The van der Waals surface area contributed by atoms with E-state index in [0.717, 1.165) is 0 Å². The van der Waals surface area contributed by atoms with Gasteiger partial charge in [0.2, 0.25) is 0 Å². The molecule has 1 heterocycles. The van der Waals surface area contributed by atoms with Crippen molar-refractivity contribution in [3.8, 4) is 0 Å². The van der Waals surface area contributed by atoms with E-state index in [-0.39, 0.29) is 0 Å². The van der Waals surface area contributed by atoms with E-state index in [1.54, 1.807) is 11.3 Å². The summed E-state index contributed by atoms with van der Waals surface area (Å²) in [4.78, 5) is 0. The molecule has 0 aliphatic heterocycles. The van der Waals surface area contributed by atoms with Gasteiger partial charge in [0.15, 0.2) is 0 Å². The molecule has 1 N–H and O–H groups in total. The Morgan fingerprint density at radius 1 is 1.28 bits per heavy atom. The lowest BCUT2D eigenvalue weighted by Crippen LogP contribution is -2.31. The molecule has 1 atom stereocenters. The Hall–Kier alpha value is -1.28. The van der Waals surface area contributed by atoms with Gasteiger partial charge in [-0.3, -0.25) is 0 Å². The molecular formula is C16H22N2. The van der Waals surface area contributed by atoms with E-state index in [0.29, 0.717) is 6.04 Å². The van der Waals surface area contributed by atoms with Gasteiger partial charge in [-0.1, -0.05) is 11.6 Å². The first kappa shape index (κ1) is 11.8. The number of benzene rings is 1. The van der Waals surface area contributed by atoms with Crippen LogP contribution in [0.1, 0.15) is 28.8 Å². The SMILES string of the molecule is CNC1CCc2c(c3cc(C)cc(C)c3n2C)C1. The lowest BCUT2D eigenvalue weighted by atomic mass is 9.91. The van der Waals surface area contributed by atoms with Gasteiger partial charge in [-0.15, -0.1) is 0 Å². The van der Waals surface area contributed by atoms with Gasteiger partial charge >= 0.3 is 0 Å². The van der Waals surface area contributed by atoms with Crippen molar-refractivity contribution in [2.45, 2.75) is 39.2 Å². The van der Waals surface area contributed by atoms with Gasteiger partial charge < -0.3 is 9.88 Å². The molecule has 2 aromatic rings. The molecule has 0 amide bonds. The zero-order chi connectivity index (χ0) is 12.9. The largest absolute Gasteiger partial charge is 0.347 e. The van der Waals surface area contributed by atoms with Crippen LogP contribution in [-0.4, -0.2) is 17.7 Å². The number of aryl methyl sites for hydroxylation is 3. The molecule has 0 spiro atoms. The standard InChI is InChI=1S/C16H22N2/c1-10-7-11(2)16-14(8-10)13-9-12(17-3)5-6-15(13)18(16)4/h7-8,12,17H,5-6,9H2,1-4H3. The van der Waals surface area contributed by atoms with Crippen LogP contribution < -0.4 is 5.32 Å². The second kappa shape index (κ2) is 4.13. The fourth-order valence-corrected chi connectivity index (χ4v) is 3.58. The van der Waals surface area contributed by atoms with E-state index in [4.69, 9.17) is 0 Å². The average Bonchev–Trinajstić information content (AvgIpc) is 2.62. The quantitative estimate of drug-likeness (QED) is 0.813. The Morgan fingerprint density at radius 3 is 2.78 bits per heavy atom. The summed E-state index contributed by atoms with van der Waals surface area (Å²) in [6, 6.07) is 5.30. The number of fused-ring (bicyclic) bond motifs is 3. The Morgan fingerprint density at radius 2 is 2.06 bits per heavy atom. The molecule has 1 aromatic heterocycles. The number of rotatable bonds is 1. The molecule has 0 fully saturated rings. The number of likely N-dealkylation sites (N-methyl/N-ethyl adjacent to an activating group) is 1. The zero-order valence-electron chi connectivity index (χ0n) is 11.8. The lowest BCUT2D eigenvalue weighted by molar-refractivity contribution is 0.488. The van der Waals surface area contributed by atoms with Crippen molar-refractivity contribution < 1.29 is 0 Å². The van der Waals surface area contributed by atoms with E-state index in [9.17, 15) is 0 Å². The average molecular weight is 242 g/mol. The van der Waals surface area contributed by atoms with E-state index in [2.05, 4.69) is 50.0 Å². The molecule has 2 nitrogen and oxygen atoms in total. The fourth-order valence-electron chi connectivity index (χ4n) is 3.58. The van der Waals surface area contributed by atoms with Crippen molar-refractivity contribution >= 4 is 10.9 Å². The summed E-state index contributed by atoms with van der Waals surface area (Å²) in [6.07, 6.45) is 3.63. The molecule has 1 unspecified atom stereocenters. The Labute approximate surface area is 109 Å². The fraction of sp³-hybridized carbons (Fsp3) is 0.500. The first-order chi connectivity index (χ1) is 8.61. The van der Waals surface area contributed by atoms with Crippen LogP contribution in [0, 0.1) is 13.8 Å². The first-order valence-corrected chi connectivity index (χ1v) is 6.86. The van der Waals surface area contributed by atoms with Gasteiger partial charge in [0.05, 0.1) is 5.52 Å². The number of nitrogens with one attached hydrogen (secondary N) is 1. The summed E-state index contributed by atoms with van der Waals surface area (Å²) in [6.45, 7) is 4.43. The third-order valence-electron chi connectivity index (χ3n) is 4.45. The summed E-state index contributed by atoms with van der Waals surface area (Å²) in [7, 11) is 4.31. The summed E-state index contributed by atoms with van der Waals surface area (Å²) in [5, 5.41) is 4.92. The first-order valence-electron chi connectivity index (χ1n) is 6.86. The van der Waals surface area contributed by atoms with Crippen LogP contribution in [0.15, 0.2) is 12.1 Å². The second-order valence-electron chi connectivity index (χ2n) is 5.69. The van der Waals surface area contributed by atoms with Crippen molar-refractivity contribution in [3.63, 3.8) is 0 Å². The van der Waals surface area contributed by atoms with E-state index in [1.807, 2.05) is 0 Å². The molecule has 3 rings (SSSR count). The van der Waals surface area contributed by atoms with Crippen molar-refractivity contribution in [3.05, 3.63) is 34.5 Å². The van der Waals surface area contributed by atoms with Gasteiger partial charge in [-0.25, -0.2) is 0 Å². The molecule has 1 aliphatic carbocycles. The van der Waals surface area contributed by atoms with Crippen LogP contribution in [0.25, 0.3) is 10.9 Å². The van der Waals surface area contributed by atoms with Crippen LogP contribution >= 0.6 is 0 Å². The summed E-state index contributed by atoms with van der Waals surface area (Å²) >= 11 is 0. The Bertz CT molecular complexity index is 607. The minimum Gasteiger partial charge on any atom is -0.347 e. The summed E-state index contributed by atoms with van der Waals surface area (Å²) in [5.74, 6) is 0. The van der Waals surface area contributed by atoms with Gasteiger partial charge in [-0.2, -0.15) is 0 Å². The predicted molar refractivity (Wildman–Crippen MR) is 77.3 cm³/mol. The second-order valence-corrected chi connectivity index (χ2v) is 5.69. The lowest BCUT2D eigenvalue weighted by Gasteiger charge is -2.22. The van der Waals surface area contributed by atoms with E-state index >= 15 is 0 Å². The highest BCUT2D eigenvalue weighted by atomic mass is 15.0. The minimum absolute atomic E-state index is 0.643. The molecule has 0 radical (unpaired) electrons. The van der Waals surface area contributed by atoms with E-state index in [1.165, 1.54) is 41.3 Å². The monoisotopic (exact) mass is 242 g/mol. The van der Waals surface area contributed by atoms with Gasteiger partial charge in [-0.05, 0) is 57.4 Å². The van der Waals surface area contributed by atoms with Gasteiger partial charge in [0, 0.05) is 24.2 Å². The molecule has 1 aliphatic rings. The molecule has 2 heteroatoms. The van der Waals surface area contributed by atoms with Crippen LogP contribution in [-0.2, 0) is 19.9 Å². The molecule has 18 heavy (non-hydrogen) atoms. The van der Waals surface area contributed by atoms with E-state index < -0.39 is 0 Å². The van der Waals surface area contributed by atoms with Crippen molar-refractivity contribution in [2.75, 3.05) is 7.05 Å². The molecule has 96 valence electrons. The molecule has 0 saturated heterocycles. The Kier molecular flexibility index (Phi) is 2.70. The van der Waals surface area contributed by atoms with Crippen molar-refractivity contribution in [2.24, 2.45) is 7.05 Å². The highest BCUT2D eigenvalue weighted by Gasteiger charge is 2.24. The minimum atomic E-state index is 0.643. The highest BCUT2D eigenvalue weighted by Crippen LogP contribution is 2.33. The topological polar surface area (TPSA) is 17.0 Å². The summed E-state index contributed by atoms with van der Waals surface area (Å²) < 4.78 is 2.42. The molecule has 0 saturated carbocycles. The number of nitrogens with zero attached hydrogens (tertiary/aromatic N) is 1. The van der Waals surface area contributed by atoms with Gasteiger partial charge in [0.1, 0.15) is 0 Å². The third-order valence-corrected chi connectivity index (χ3v) is 4.45. The maximum absolute atomic E-state index is 3.44. The summed E-state index contributed by atoms with van der Waals surface area (Å²) in [5.41, 5.74) is 7.33. The number of hydrogen-bond acceptors (Lipinski definition) is 1. The Balaban J connectivity index is 2.28. The van der Waals surface area contributed by atoms with Crippen LogP contribution in [0.2, 0.25) is 0 Å². The van der Waals surface area contributed by atoms with Crippen molar-refractivity contribution in [1.29, 1.82) is 0 Å². The highest BCUT2D eigenvalue weighted by molar-refractivity contribution is 5.89. The maximum Gasteiger partial charge on any atom is 0.0512 e. The molecule has 1 aromatic carbocycles. The van der Waals surface area contributed by atoms with Crippen molar-refractivity contribution in [1.82, 2.24) is 9.88 Å². The predicted octanol–water partition coefficient (Wildman–Crippen LogP) is 2.87. The number of aromatic nitrogens is 1. The third kappa shape index (κ3) is 1.59. The smallest absolute Gasteiger partial charge is 0.0512 e. The molecule has 0 bridgehead atoms. The maximum atomic E-state index is 3.44. The number of hydrogen-bond donors (Lipinski definition) is 1.